The first-order valence-electron chi connectivity index (χ1n) is 10.3. The molecule has 162 valence electrons. The number of thiophene rings is 1. The van der Waals surface area contributed by atoms with Crippen molar-refractivity contribution in [3.8, 4) is 0 Å². The maximum Gasteiger partial charge on any atom is 0.238 e. The molecule has 5 rings (SSSR count). The first-order chi connectivity index (χ1) is 15.7. The van der Waals surface area contributed by atoms with Crippen LogP contribution in [0.4, 0.5) is 5.69 Å². The lowest BCUT2D eigenvalue weighted by Crippen LogP contribution is -2.39. The van der Waals surface area contributed by atoms with Gasteiger partial charge in [0.1, 0.15) is 5.82 Å². The number of nitrogens with zero attached hydrogens (tertiary/aromatic N) is 4. The largest absolute Gasteiger partial charge is 0.309 e. The number of amides is 1. The molecule has 1 atom stereocenters. The molecule has 5 nitrogen and oxygen atoms in total. The van der Waals surface area contributed by atoms with Gasteiger partial charge in [0.25, 0.3) is 0 Å². The van der Waals surface area contributed by atoms with E-state index < -0.39 is 0 Å². The molecule has 1 aliphatic heterocycles. The molecule has 8 heteroatoms. The van der Waals surface area contributed by atoms with Crippen molar-refractivity contribution >= 4 is 46.5 Å². The van der Waals surface area contributed by atoms with Gasteiger partial charge in [-0.25, -0.2) is 0 Å². The molecule has 2 aromatic carbocycles. The van der Waals surface area contributed by atoms with E-state index in [-0.39, 0.29) is 11.9 Å². The molecule has 3 heterocycles. The molecule has 32 heavy (non-hydrogen) atoms. The summed E-state index contributed by atoms with van der Waals surface area (Å²) >= 11 is 4.97. The molecular weight excluding hydrogens is 456 g/mol. The van der Waals surface area contributed by atoms with Crippen molar-refractivity contribution < 1.29 is 4.79 Å². The Balaban J connectivity index is 1.36. The number of rotatable bonds is 6. The number of benzene rings is 2. The third-order valence-electron chi connectivity index (χ3n) is 5.45. The van der Waals surface area contributed by atoms with Gasteiger partial charge >= 0.3 is 0 Å². The summed E-state index contributed by atoms with van der Waals surface area (Å²) in [6, 6.07) is 22.6. The molecule has 0 unspecified atom stereocenters. The van der Waals surface area contributed by atoms with Crippen molar-refractivity contribution in [2.45, 2.75) is 22.5 Å². The Morgan fingerprint density at radius 3 is 2.69 bits per heavy atom. The molecule has 4 aromatic rings. The van der Waals surface area contributed by atoms with Gasteiger partial charge in [0.05, 0.1) is 17.5 Å². The molecule has 0 aliphatic carbocycles. The Labute approximate surface area is 199 Å². The molecule has 0 spiro atoms. The number of thioether (sulfide) groups is 2. The summed E-state index contributed by atoms with van der Waals surface area (Å²) in [7, 11) is 1.97. The Morgan fingerprint density at radius 1 is 1.06 bits per heavy atom. The van der Waals surface area contributed by atoms with Gasteiger partial charge in [-0.1, -0.05) is 60.3 Å². The summed E-state index contributed by atoms with van der Waals surface area (Å²) in [4.78, 5) is 17.9. The second-order valence-electron chi connectivity index (χ2n) is 7.47. The van der Waals surface area contributed by atoms with E-state index in [1.807, 2.05) is 70.7 Å². The molecule has 0 saturated carbocycles. The van der Waals surface area contributed by atoms with E-state index in [0.29, 0.717) is 5.75 Å². The minimum absolute atomic E-state index is 0.0121. The molecular formula is C24H22N4OS3. The fraction of sp³-hybridized carbons (Fsp3) is 0.208. The second-order valence-corrected chi connectivity index (χ2v) is 10.5. The standard InChI is InChI=1S/C24H22N4OS3/c1-27-22(14-18-10-7-13-30-18)25-26-24(27)32-16-23(29)28-19-11-5-6-12-21(19)31-15-20(28)17-8-3-2-4-9-17/h2-13,20H,14-16H2,1H3/t20-/m0/s1. The number of hydrogen-bond acceptors (Lipinski definition) is 6. The molecule has 0 saturated heterocycles. The normalized spacial score (nSPS) is 15.5. The summed E-state index contributed by atoms with van der Waals surface area (Å²) in [5.41, 5.74) is 2.14. The number of aromatic nitrogens is 3. The van der Waals surface area contributed by atoms with Gasteiger partial charge in [-0.2, -0.15) is 0 Å². The lowest BCUT2D eigenvalue weighted by molar-refractivity contribution is -0.116. The summed E-state index contributed by atoms with van der Waals surface area (Å²) in [5, 5.41) is 11.5. The van der Waals surface area contributed by atoms with Crippen LogP contribution < -0.4 is 4.90 Å². The number of fused-ring (bicyclic) bond motifs is 1. The lowest BCUT2D eigenvalue weighted by Gasteiger charge is -2.37. The van der Waals surface area contributed by atoms with Crippen molar-refractivity contribution in [3.05, 3.63) is 88.4 Å². The fourth-order valence-corrected chi connectivity index (χ4v) is 6.47. The minimum Gasteiger partial charge on any atom is -0.309 e. The van der Waals surface area contributed by atoms with Gasteiger partial charge in [0, 0.05) is 29.0 Å². The average molecular weight is 479 g/mol. The van der Waals surface area contributed by atoms with E-state index in [0.717, 1.165) is 39.3 Å². The van der Waals surface area contributed by atoms with E-state index in [1.165, 1.54) is 16.6 Å². The van der Waals surface area contributed by atoms with Crippen LogP contribution in [0, 0.1) is 0 Å². The van der Waals surface area contributed by atoms with Crippen LogP contribution in [0.15, 0.2) is 82.2 Å². The molecule has 2 aromatic heterocycles. The predicted molar refractivity (Wildman–Crippen MR) is 133 cm³/mol. The van der Waals surface area contributed by atoms with Crippen molar-refractivity contribution in [3.63, 3.8) is 0 Å². The first-order valence-corrected chi connectivity index (χ1v) is 13.2. The van der Waals surface area contributed by atoms with Crippen LogP contribution in [0.3, 0.4) is 0 Å². The zero-order valence-electron chi connectivity index (χ0n) is 17.5. The maximum absolute atomic E-state index is 13.5. The Hall–Kier alpha value is -2.55. The van der Waals surface area contributed by atoms with E-state index in [1.54, 1.807) is 11.3 Å². The molecule has 1 amide bonds. The zero-order valence-corrected chi connectivity index (χ0v) is 20.0. The summed E-state index contributed by atoms with van der Waals surface area (Å²) in [6.07, 6.45) is 0.752. The van der Waals surface area contributed by atoms with Crippen LogP contribution in [0.2, 0.25) is 0 Å². The number of para-hydroxylation sites is 1. The lowest BCUT2D eigenvalue weighted by atomic mass is 10.1. The SMILES string of the molecule is Cn1c(Cc2cccs2)nnc1SCC(=O)N1c2ccccc2SC[C@H]1c1ccccc1. The number of carbonyl (C=O) groups excluding carboxylic acids is 1. The van der Waals surface area contributed by atoms with Crippen LogP contribution in [0.5, 0.6) is 0 Å². The van der Waals surface area contributed by atoms with Crippen LogP contribution in [-0.2, 0) is 18.3 Å². The quantitative estimate of drug-likeness (QED) is 0.346. The van der Waals surface area contributed by atoms with Gasteiger partial charge in [-0.15, -0.1) is 33.3 Å². The highest BCUT2D eigenvalue weighted by molar-refractivity contribution is 8.00. The summed E-state index contributed by atoms with van der Waals surface area (Å²) < 4.78 is 1.99. The van der Waals surface area contributed by atoms with Gasteiger partial charge in [-0.3, -0.25) is 4.79 Å². The van der Waals surface area contributed by atoms with Gasteiger partial charge in [0.2, 0.25) is 5.91 Å². The van der Waals surface area contributed by atoms with E-state index in [2.05, 4.69) is 39.8 Å². The summed E-state index contributed by atoms with van der Waals surface area (Å²) in [6.45, 7) is 0. The Kier molecular flexibility index (Phi) is 6.34. The summed E-state index contributed by atoms with van der Waals surface area (Å²) in [5.74, 6) is 2.14. The molecule has 0 bridgehead atoms. The third kappa shape index (κ3) is 4.35. The first kappa shape index (κ1) is 21.3. The smallest absolute Gasteiger partial charge is 0.238 e. The molecule has 0 fully saturated rings. The van der Waals surface area contributed by atoms with Crippen molar-refractivity contribution in [2.24, 2.45) is 7.05 Å². The topological polar surface area (TPSA) is 51.0 Å². The van der Waals surface area contributed by atoms with Gasteiger partial charge < -0.3 is 9.47 Å². The number of anilines is 1. The van der Waals surface area contributed by atoms with Crippen LogP contribution >= 0.6 is 34.9 Å². The number of carbonyl (C=O) groups is 1. The maximum atomic E-state index is 13.5. The van der Waals surface area contributed by atoms with Crippen LogP contribution in [0.1, 0.15) is 22.3 Å². The van der Waals surface area contributed by atoms with Crippen molar-refractivity contribution in [1.29, 1.82) is 0 Å². The van der Waals surface area contributed by atoms with Crippen molar-refractivity contribution in [2.75, 3.05) is 16.4 Å². The fourth-order valence-electron chi connectivity index (χ4n) is 3.81. The van der Waals surface area contributed by atoms with Gasteiger partial charge in [-0.05, 0) is 29.1 Å². The monoisotopic (exact) mass is 478 g/mol. The average Bonchev–Trinajstić information content (AvgIpc) is 3.47. The minimum atomic E-state index is 0.0121. The molecule has 0 N–H and O–H groups in total. The highest BCUT2D eigenvalue weighted by atomic mass is 32.2. The third-order valence-corrected chi connectivity index (χ3v) is 8.47. The predicted octanol–water partition coefficient (Wildman–Crippen LogP) is 5.44. The Bertz CT molecular complexity index is 1210. The van der Waals surface area contributed by atoms with E-state index in [9.17, 15) is 4.79 Å². The number of hydrogen-bond donors (Lipinski definition) is 0. The Morgan fingerprint density at radius 2 is 1.88 bits per heavy atom. The highest BCUT2D eigenvalue weighted by Gasteiger charge is 2.32. The van der Waals surface area contributed by atoms with Crippen LogP contribution in [-0.4, -0.2) is 32.2 Å². The van der Waals surface area contributed by atoms with E-state index >= 15 is 0 Å². The second kappa shape index (κ2) is 9.52. The van der Waals surface area contributed by atoms with Crippen LogP contribution in [0.25, 0.3) is 0 Å². The molecule has 0 radical (unpaired) electrons. The van der Waals surface area contributed by atoms with E-state index in [4.69, 9.17) is 0 Å². The van der Waals surface area contributed by atoms with Crippen molar-refractivity contribution in [1.82, 2.24) is 14.8 Å². The van der Waals surface area contributed by atoms with Gasteiger partial charge in [0.15, 0.2) is 5.16 Å². The highest BCUT2D eigenvalue weighted by Crippen LogP contribution is 2.43. The molecule has 1 aliphatic rings. The zero-order chi connectivity index (χ0) is 21.9.